The molecule has 4 nitrogen and oxygen atoms in total. The van der Waals surface area contributed by atoms with E-state index in [2.05, 4.69) is 9.97 Å². The van der Waals surface area contributed by atoms with Crippen molar-refractivity contribution in [2.75, 3.05) is 0 Å². The Morgan fingerprint density at radius 3 is 2.71 bits per heavy atom. The summed E-state index contributed by atoms with van der Waals surface area (Å²) >= 11 is 0. The van der Waals surface area contributed by atoms with E-state index in [1.54, 1.807) is 13.1 Å². The van der Waals surface area contributed by atoms with Crippen LogP contribution in [0.1, 0.15) is 36.3 Å². The van der Waals surface area contributed by atoms with Gasteiger partial charge in [0.25, 0.3) is 0 Å². The lowest BCUT2D eigenvalue weighted by Gasteiger charge is -2.11. The molecule has 1 rings (SSSR count). The molecule has 1 aromatic rings. The molecule has 1 heterocycles. The number of rotatable bonds is 3. The van der Waals surface area contributed by atoms with Crippen molar-refractivity contribution in [1.29, 1.82) is 0 Å². The highest BCUT2D eigenvalue weighted by Gasteiger charge is 2.21. The molecule has 1 unspecified atom stereocenters. The van der Waals surface area contributed by atoms with Gasteiger partial charge < -0.3 is 5.11 Å². The number of nitrogens with zero attached hydrogens (tertiary/aromatic N) is 2. The Balaban J connectivity index is 3.15. The van der Waals surface area contributed by atoms with Gasteiger partial charge in [0.05, 0.1) is 17.1 Å². The summed E-state index contributed by atoms with van der Waals surface area (Å²) in [7, 11) is 0. The lowest BCUT2D eigenvalue weighted by molar-refractivity contribution is -0.139. The smallest absolute Gasteiger partial charge is 0.312 e. The molecular formula is C10H14N2O2. The Labute approximate surface area is 83.0 Å². The first-order valence-corrected chi connectivity index (χ1v) is 4.59. The molecule has 0 radical (unpaired) electrons. The minimum Gasteiger partial charge on any atom is -0.481 e. The summed E-state index contributed by atoms with van der Waals surface area (Å²) in [6, 6.07) is 0. The highest BCUT2D eigenvalue weighted by molar-refractivity contribution is 5.75. The van der Waals surface area contributed by atoms with E-state index in [1.807, 2.05) is 13.8 Å². The summed E-state index contributed by atoms with van der Waals surface area (Å²) in [4.78, 5) is 19.3. The van der Waals surface area contributed by atoms with E-state index in [0.717, 1.165) is 5.69 Å². The Morgan fingerprint density at radius 1 is 1.57 bits per heavy atom. The van der Waals surface area contributed by atoms with Crippen molar-refractivity contribution < 1.29 is 9.90 Å². The molecule has 4 heteroatoms. The summed E-state index contributed by atoms with van der Waals surface area (Å²) in [5.41, 5.74) is 2.04. The Morgan fingerprint density at radius 2 is 2.21 bits per heavy atom. The molecular weight excluding hydrogens is 180 g/mol. The van der Waals surface area contributed by atoms with Gasteiger partial charge in [0.15, 0.2) is 0 Å². The van der Waals surface area contributed by atoms with Gasteiger partial charge in [0, 0.05) is 6.20 Å². The third-order valence-corrected chi connectivity index (χ3v) is 2.15. The third kappa shape index (κ3) is 2.07. The summed E-state index contributed by atoms with van der Waals surface area (Å²) in [6.45, 7) is 5.43. The molecule has 1 aromatic heterocycles. The Bertz CT molecular complexity index is 350. The standard InChI is InChI=1S/C10H14N2O2/c1-4-8(10(13)14)9-7(3)11-5-6(2)12-9/h5,8H,4H2,1-3H3,(H,13,14). The predicted octanol–water partition coefficient (Wildman–Crippen LogP) is 1.67. The number of carboxylic acid groups (broad SMARTS) is 1. The van der Waals surface area contributed by atoms with Gasteiger partial charge in [-0.3, -0.25) is 14.8 Å². The lowest BCUT2D eigenvalue weighted by atomic mass is 10.0. The van der Waals surface area contributed by atoms with E-state index < -0.39 is 11.9 Å². The van der Waals surface area contributed by atoms with Gasteiger partial charge in [0.2, 0.25) is 0 Å². The fraction of sp³-hybridized carbons (Fsp3) is 0.500. The molecule has 0 amide bonds. The van der Waals surface area contributed by atoms with E-state index in [-0.39, 0.29) is 0 Å². The minimum atomic E-state index is -0.837. The number of hydrogen-bond donors (Lipinski definition) is 1. The normalized spacial score (nSPS) is 12.5. The quantitative estimate of drug-likeness (QED) is 0.795. The monoisotopic (exact) mass is 194 g/mol. The second-order valence-corrected chi connectivity index (χ2v) is 3.28. The van der Waals surface area contributed by atoms with E-state index in [0.29, 0.717) is 17.8 Å². The van der Waals surface area contributed by atoms with E-state index >= 15 is 0 Å². The van der Waals surface area contributed by atoms with E-state index in [9.17, 15) is 4.79 Å². The van der Waals surface area contributed by atoms with Crippen molar-refractivity contribution in [2.24, 2.45) is 0 Å². The third-order valence-electron chi connectivity index (χ3n) is 2.15. The predicted molar refractivity (Wildman–Crippen MR) is 52.2 cm³/mol. The molecule has 76 valence electrons. The largest absolute Gasteiger partial charge is 0.481 e. The average Bonchev–Trinajstić information content (AvgIpc) is 2.11. The Hall–Kier alpha value is -1.45. The van der Waals surface area contributed by atoms with Gasteiger partial charge in [0.1, 0.15) is 5.92 Å². The highest BCUT2D eigenvalue weighted by atomic mass is 16.4. The topological polar surface area (TPSA) is 63.1 Å². The number of hydrogen-bond acceptors (Lipinski definition) is 3. The van der Waals surface area contributed by atoms with Crippen LogP contribution in [0.5, 0.6) is 0 Å². The maximum Gasteiger partial charge on any atom is 0.312 e. The Kier molecular flexibility index (Phi) is 3.17. The van der Waals surface area contributed by atoms with Gasteiger partial charge in [-0.15, -0.1) is 0 Å². The zero-order valence-electron chi connectivity index (χ0n) is 8.61. The van der Waals surface area contributed by atoms with Crippen LogP contribution >= 0.6 is 0 Å². The van der Waals surface area contributed by atoms with Gasteiger partial charge in [-0.05, 0) is 20.3 Å². The van der Waals surface area contributed by atoms with Gasteiger partial charge >= 0.3 is 5.97 Å². The first-order valence-electron chi connectivity index (χ1n) is 4.59. The zero-order valence-corrected chi connectivity index (χ0v) is 8.61. The van der Waals surface area contributed by atoms with Crippen molar-refractivity contribution in [3.05, 3.63) is 23.3 Å². The van der Waals surface area contributed by atoms with Gasteiger partial charge in [-0.1, -0.05) is 6.92 Å². The maximum atomic E-state index is 10.9. The average molecular weight is 194 g/mol. The van der Waals surface area contributed by atoms with Crippen LogP contribution < -0.4 is 0 Å². The molecule has 1 atom stereocenters. The van der Waals surface area contributed by atoms with Gasteiger partial charge in [-0.2, -0.15) is 0 Å². The summed E-state index contributed by atoms with van der Waals surface area (Å²) in [6.07, 6.45) is 2.18. The van der Waals surface area contributed by atoms with Crippen LogP contribution in [0.15, 0.2) is 6.20 Å². The molecule has 0 fully saturated rings. The molecule has 14 heavy (non-hydrogen) atoms. The van der Waals surface area contributed by atoms with Crippen LogP contribution in [0.4, 0.5) is 0 Å². The molecule has 0 aliphatic carbocycles. The lowest BCUT2D eigenvalue weighted by Crippen LogP contribution is -2.14. The number of carbonyl (C=O) groups is 1. The maximum absolute atomic E-state index is 10.9. The van der Waals surface area contributed by atoms with Crippen LogP contribution in [-0.4, -0.2) is 21.0 Å². The molecule has 0 saturated carbocycles. The van der Waals surface area contributed by atoms with E-state index in [4.69, 9.17) is 5.11 Å². The van der Waals surface area contributed by atoms with Crippen molar-refractivity contribution in [3.63, 3.8) is 0 Å². The zero-order chi connectivity index (χ0) is 10.7. The summed E-state index contributed by atoms with van der Waals surface area (Å²) in [5, 5.41) is 8.97. The SMILES string of the molecule is CCC(C(=O)O)c1nc(C)cnc1C. The van der Waals surface area contributed by atoms with Crippen molar-refractivity contribution >= 4 is 5.97 Å². The first kappa shape index (κ1) is 10.6. The van der Waals surface area contributed by atoms with Crippen LogP contribution in [0.2, 0.25) is 0 Å². The van der Waals surface area contributed by atoms with Crippen molar-refractivity contribution in [1.82, 2.24) is 9.97 Å². The number of aryl methyl sites for hydroxylation is 2. The number of carboxylic acids is 1. The van der Waals surface area contributed by atoms with Gasteiger partial charge in [-0.25, -0.2) is 0 Å². The summed E-state index contributed by atoms with van der Waals surface area (Å²) in [5.74, 6) is -1.38. The molecule has 1 N–H and O–H groups in total. The second kappa shape index (κ2) is 4.17. The van der Waals surface area contributed by atoms with Crippen molar-refractivity contribution in [2.45, 2.75) is 33.1 Å². The van der Waals surface area contributed by atoms with E-state index in [1.165, 1.54) is 0 Å². The number of aliphatic carboxylic acids is 1. The molecule has 0 aromatic carbocycles. The minimum absolute atomic E-state index is 0.536. The fourth-order valence-electron chi connectivity index (χ4n) is 1.37. The van der Waals surface area contributed by atoms with Crippen LogP contribution in [0.25, 0.3) is 0 Å². The molecule has 0 spiro atoms. The number of aromatic nitrogens is 2. The van der Waals surface area contributed by atoms with Crippen molar-refractivity contribution in [3.8, 4) is 0 Å². The van der Waals surface area contributed by atoms with Crippen LogP contribution in [0, 0.1) is 13.8 Å². The molecule has 0 bridgehead atoms. The highest BCUT2D eigenvalue weighted by Crippen LogP contribution is 2.19. The fourth-order valence-corrected chi connectivity index (χ4v) is 1.37. The molecule has 0 saturated heterocycles. The van der Waals surface area contributed by atoms with Crippen LogP contribution in [-0.2, 0) is 4.79 Å². The second-order valence-electron chi connectivity index (χ2n) is 3.28. The van der Waals surface area contributed by atoms with Crippen LogP contribution in [0.3, 0.4) is 0 Å². The molecule has 0 aliphatic rings. The molecule has 0 aliphatic heterocycles. The summed E-state index contributed by atoms with van der Waals surface area (Å²) < 4.78 is 0. The first-order chi connectivity index (χ1) is 6.56.